The van der Waals surface area contributed by atoms with Crippen molar-refractivity contribution in [1.29, 1.82) is 0 Å². The second-order valence-electron chi connectivity index (χ2n) is 5.82. The summed E-state index contributed by atoms with van der Waals surface area (Å²) < 4.78 is 4.77. The smallest absolute Gasteiger partial charge is 0.412 e. The SMILES string of the molecule is Cc1cccc[c]1[Sn]([c]1ccccc1C)[c]1ccccc1C.O. The predicted octanol–water partition coefficient (Wildman–Crippen LogP) is 2.30. The Balaban J connectivity index is 0.00000192. The molecule has 3 aromatic rings. The van der Waals surface area contributed by atoms with Crippen LogP contribution < -0.4 is 10.7 Å². The van der Waals surface area contributed by atoms with Gasteiger partial charge < -0.3 is 5.48 Å². The fraction of sp³-hybridized carbons (Fsp3) is 0.143. The van der Waals surface area contributed by atoms with Crippen LogP contribution in [0.5, 0.6) is 0 Å². The molecule has 1 nitrogen and oxygen atoms in total. The fourth-order valence-corrected chi connectivity index (χ4v) is 11.8. The van der Waals surface area contributed by atoms with Gasteiger partial charge in [-0.05, 0) is 0 Å². The minimum Gasteiger partial charge on any atom is -0.412 e. The maximum Gasteiger partial charge on any atom is -0.412 e. The maximum atomic E-state index is 2.35. The Hall–Kier alpha value is -1.58. The molecule has 0 saturated heterocycles. The van der Waals surface area contributed by atoms with Crippen LogP contribution in [0, 0.1) is 20.8 Å². The van der Waals surface area contributed by atoms with Crippen LogP contribution in [0.2, 0.25) is 0 Å². The summed E-state index contributed by atoms with van der Waals surface area (Å²) in [6.45, 7) is 6.77. The Morgan fingerprint density at radius 2 is 0.739 bits per heavy atom. The van der Waals surface area contributed by atoms with E-state index in [-0.39, 0.29) is 5.48 Å². The molecule has 0 aliphatic rings. The molecule has 0 atom stereocenters. The van der Waals surface area contributed by atoms with Crippen LogP contribution in [0.4, 0.5) is 0 Å². The van der Waals surface area contributed by atoms with E-state index in [1.165, 1.54) is 16.7 Å². The molecule has 0 heterocycles. The first-order valence-electron chi connectivity index (χ1n) is 7.73. The summed E-state index contributed by atoms with van der Waals surface area (Å²) in [4.78, 5) is 0. The molecule has 23 heavy (non-hydrogen) atoms. The van der Waals surface area contributed by atoms with Crippen molar-refractivity contribution in [2.45, 2.75) is 20.8 Å². The standard InChI is InChI=1S/3C7H7.H2O.Sn/c3*1-7-5-3-2-4-6-7;;/h3*2-5H,1H3;1H2;. The molecule has 1 radical (unpaired) electrons. The maximum absolute atomic E-state index is 2.35. The minimum atomic E-state index is -2.14. The van der Waals surface area contributed by atoms with Gasteiger partial charge in [0.25, 0.3) is 0 Å². The normalized spacial score (nSPS) is 10.4. The van der Waals surface area contributed by atoms with Crippen LogP contribution in [0.25, 0.3) is 0 Å². The Labute approximate surface area is 146 Å². The van der Waals surface area contributed by atoms with Gasteiger partial charge in [-0.25, -0.2) is 0 Å². The van der Waals surface area contributed by atoms with E-state index >= 15 is 0 Å². The van der Waals surface area contributed by atoms with Crippen molar-refractivity contribution in [3.8, 4) is 0 Å². The van der Waals surface area contributed by atoms with Gasteiger partial charge in [0.2, 0.25) is 0 Å². The van der Waals surface area contributed by atoms with E-state index in [9.17, 15) is 0 Å². The van der Waals surface area contributed by atoms with Gasteiger partial charge in [-0.15, -0.1) is 0 Å². The summed E-state index contributed by atoms with van der Waals surface area (Å²) >= 11 is -2.14. The van der Waals surface area contributed by atoms with E-state index in [0.29, 0.717) is 0 Å². The summed E-state index contributed by atoms with van der Waals surface area (Å²) in [5.41, 5.74) is 4.30. The van der Waals surface area contributed by atoms with Gasteiger partial charge in [0.05, 0.1) is 0 Å². The fourth-order valence-electron chi connectivity index (χ4n) is 3.00. The van der Waals surface area contributed by atoms with E-state index in [4.69, 9.17) is 0 Å². The molecule has 0 aromatic heterocycles. The molecule has 2 N–H and O–H groups in total. The summed E-state index contributed by atoms with van der Waals surface area (Å²) in [5, 5.41) is 0. The van der Waals surface area contributed by atoms with Gasteiger partial charge in [-0.3, -0.25) is 0 Å². The molecule has 0 aliphatic carbocycles. The summed E-state index contributed by atoms with van der Waals surface area (Å²) in [6, 6.07) is 26.8. The van der Waals surface area contributed by atoms with Crippen LogP contribution >= 0.6 is 0 Å². The van der Waals surface area contributed by atoms with Gasteiger partial charge in [0.15, 0.2) is 0 Å². The number of rotatable bonds is 3. The van der Waals surface area contributed by atoms with Crippen molar-refractivity contribution in [1.82, 2.24) is 0 Å². The van der Waals surface area contributed by atoms with Crippen molar-refractivity contribution < 1.29 is 5.48 Å². The minimum absolute atomic E-state index is 0. The van der Waals surface area contributed by atoms with E-state index in [1.807, 2.05) is 0 Å². The summed E-state index contributed by atoms with van der Waals surface area (Å²) in [7, 11) is 0. The quantitative estimate of drug-likeness (QED) is 0.594. The molecule has 0 saturated carbocycles. The van der Waals surface area contributed by atoms with Crippen molar-refractivity contribution in [2.75, 3.05) is 0 Å². The van der Waals surface area contributed by atoms with Gasteiger partial charge in [-0.2, -0.15) is 0 Å². The Bertz CT molecular complexity index is 687. The number of hydrogen-bond acceptors (Lipinski definition) is 0. The topological polar surface area (TPSA) is 31.5 Å². The largest absolute Gasteiger partial charge is 0.412 e. The van der Waals surface area contributed by atoms with Crippen molar-refractivity contribution in [3.63, 3.8) is 0 Å². The molecule has 3 aromatic carbocycles. The molecule has 0 fully saturated rings. The molecule has 0 bridgehead atoms. The van der Waals surface area contributed by atoms with E-state index in [2.05, 4.69) is 93.6 Å². The monoisotopic (exact) mass is 411 g/mol. The second kappa shape index (κ2) is 7.80. The molecule has 0 unspecified atom stereocenters. The third kappa shape index (κ3) is 3.67. The first-order valence-corrected chi connectivity index (χ1v) is 12.0. The van der Waals surface area contributed by atoms with Crippen LogP contribution in [0.3, 0.4) is 0 Å². The Morgan fingerprint density at radius 3 is 1.00 bits per heavy atom. The van der Waals surface area contributed by atoms with Crippen LogP contribution in [-0.4, -0.2) is 25.2 Å². The molecule has 0 aliphatic heterocycles. The molecule has 0 amide bonds. The van der Waals surface area contributed by atoms with Crippen LogP contribution in [0.1, 0.15) is 16.7 Å². The molecular formula is C21H23OSn. The van der Waals surface area contributed by atoms with Gasteiger partial charge in [0.1, 0.15) is 0 Å². The first kappa shape index (κ1) is 17.8. The molecule has 2 heteroatoms. The zero-order valence-electron chi connectivity index (χ0n) is 13.9. The first-order chi connectivity index (χ1) is 10.7. The van der Waals surface area contributed by atoms with Gasteiger partial charge in [-0.1, -0.05) is 0 Å². The van der Waals surface area contributed by atoms with E-state index < -0.39 is 19.8 Å². The average molecular weight is 410 g/mol. The van der Waals surface area contributed by atoms with Crippen molar-refractivity contribution in [3.05, 3.63) is 89.5 Å². The predicted molar refractivity (Wildman–Crippen MR) is 102 cm³/mol. The number of benzene rings is 3. The Kier molecular flexibility index (Phi) is 6.03. The average Bonchev–Trinajstić information content (AvgIpc) is 2.53. The van der Waals surface area contributed by atoms with E-state index in [0.717, 1.165) is 0 Å². The summed E-state index contributed by atoms with van der Waals surface area (Å²) in [5.74, 6) is 0. The molecule has 117 valence electrons. The molecule has 0 spiro atoms. The van der Waals surface area contributed by atoms with Crippen molar-refractivity contribution in [2.24, 2.45) is 0 Å². The second-order valence-corrected chi connectivity index (χ2v) is 12.6. The summed E-state index contributed by atoms with van der Waals surface area (Å²) in [6.07, 6.45) is 0. The van der Waals surface area contributed by atoms with Gasteiger partial charge >= 0.3 is 141 Å². The zero-order chi connectivity index (χ0) is 15.5. The number of hydrogen-bond donors (Lipinski definition) is 0. The molecular weight excluding hydrogens is 387 g/mol. The van der Waals surface area contributed by atoms with E-state index in [1.54, 1.807) is 10.7 Å². The van der Waals surface area contributed by atoms with Crippen LogP contribution in [0.15, 0.2) is 72.8 Å². The zero-order valence-corrected chi connectivity index (χ0v) is 16.8. The third-order valence-electron chi connectivity index (χ3n) is 4.24. The van der Waals surface area contributed by atoms with Gasteiger partial charge in [0, 0.05) is 0 Å². The third-order valence-corrected chi connectivity index (χ3v) is 13.7. The van der Waals surface area contributed by atoms with Crippen LogP contribution in [-0.2, 0) is 0 Å². The van der Waals surface area contributed by atoms with Crippen molar-refractivity contribution >= 4 is 30.5 Å². The molecule has 3 rings (SSSR count). The number of aryl methyl sites for hydroxylation is 3. The Morgan fingerprint density at radius 1 is 0.478 bits per heavy atom.